The van der Waals surface area contributed by atoms with Crippen molar-refractivity contribution < 1.29 is 14.7 Å². The molecule has 0 bridgehead atoms. The Bertz CT molecular complexity index is 1050. The van der Waals surface area contributed by atoms with Crippen LogP contribution in [0.4, 0.5) is 17.2 Å². The third-order valence-corrected chi connectivity index (χ3v) is 4.29. The van der Waals surface area contributed by atoms with Crippen LogP contribution in [0.2, 0.25) is 0 Å². The van der Waals surface area contributed by atoms with E-state index < -0.39 is 5.97 Å². The second-order valence-electron chi connectivity index (χ2n) is 6.28. The highest BCUT2D eigenvalue weighted by atomic mass is 16.4. The molecule has 0 saturated heterocycles. The van der Waals surface area contributed by atoms with Gasteiger partial charge in [0.15, 0.2) is 22.9 Å². The van der Waals surface area contributed by atoms with E-state index in [0.29, 0.717) is 28.5 Å². The third-order valence-electron chi connectivity index (χ3n) is 4.29. The molecule has 3 heterocycles. The van der Waals surface area contributed by atoms with Crippen molar-refractivity contribution >= 4 is 34.7 Å². The number of aromatic carboxylic acids is 1. The number of hydrogen-bond acceptors (Lipinski definition) is 7. The number of carboxylic acids is 1. The van der Waals surface area contributed by atoms with Gasteiger partial charge in [0.2, 0.25) is 0 Å². The van der Waals surface area contributed by atoms with Crippen molar-refractivity contribution in [1.82, 2.24) is 29.7 Å². The van der Waals surface area contributed by atoms with E-state index in [1.54, 1.807) is 20.2 Å². The predicted octanol–water partition coefficient (Wildman–Crippen LogP) is 0.838. The second-order valence-corrected chi connectivity index (χ2v) is 6.28. The highest BCUT2D eigenvalue weighted by molar-refractivity contribution is 5.95. The molecule has 1 fully saturated rings. The number of nitrogens with zero attached hydrogens (tertiary/aromatic N) is 5. The number of carboxylic acid groups (broad SMARTS) is 1. The number of rotatable bonds is 6. The van der Waals surface area contributed by atoms with E-state index in [1.807, 2.05) is 0 Å². The molecular weight excluding hydrogens is 352 g/mol. The molecule has 140 valence electrons. The standard InChI is InChI=1S/C16H18N8O3/c1-17-9-5-12(21-10-6-19-23(2)13(10)16(26)27)22-24-11(7-18-14(9)24)15(25)20-8-3-4-8/h5-8,17H,3-4H2,1-2H3,(H,20,25)(H,21,22)(H,26,27). The van der Waals surface area contributed by atoms with E-state index in [0.717, 1.165) is 12.8 Å². The Hall–Kier alpha value is -3.63. The maximum atomic E-state index is 12.4. The molecule has 1 saturated carbocycles. The van der Waals surface area contributed by atoms with Crippen molar-refractivity contribution in [2.75, 3.05) is 17.7 Å². The second kappa shape index (κ2) is 6.27. The Morgan fingerprint density at radius 2 is 2.04 bits per heavy atom. The highest BCUT2D eigenvalue weighted by Crippen LogP contribution is 2.25. The van der Waals surface area contributed by atoms with Crippen molar-refractivity contribution in [1.29, 1.82) is 0 Å². The van der Waals surface area contributed by atoms with Crippen LogP contribution in [0.25, 0.3) is 5.65 Å². The van der Waals surface area contributed by atoms with E-state index >= 15 is 0 Å². The number of carbonyl (C=O) groups is 2. The van der Waals surface area contributed by atoms with Gasteiger partial charge in [-0.15, -0.1) is 5.10 Å². The number of aryl methyl sites for hydroxylation is 1. The number of aromatic nitrogens is 5. The number of hydrogen-bond donors (Lipinski definition) is 4. The Kier molecular flexibility index (Phi) is 3.90. The summed E-state index contributed by atoms with van der Waals surface area (Å²) < 4.78 is 2.69. The van der Waals surface area contributed by atoms with E-state index in [9.17, 15) is 14.7 Å². The van der Waals surface area contributed by atoms with Crippen LogP contribution in [0.3, 0.4) is 0 Å². The summed E-state index contributed by atoms with van der Waals surface area (Å²) in [4.78, 5) is 28.2. The SMILES string of the molecule is CNc1cc(Nc2cnn(C)c2C(=O)O)nn2c(C(=O)NC3CC3)cnc12. The van der Waals surface area contributed by atoms with Crippen LogP contribution >= 0.6 is 0 Å². The number of fused-ring (bicyclic) bond motifs is 1. The van der Waals surface area contributed by atoms with Gasteiger partial charge in [-0.3, -0.25) is 9.48 Å². The molecule has 11 nitrogen and oxygen atoms in total. The van der Waals surface area contributed by atoms with Crippen LogP contribution in [-0.4, -0.2) is 54.5 Å². The molecule has 0 radical (unpaired) electrons. The molecule has 3 aromatic heterocycles. The summed E-state index contributed by atoms with van der Waals surface area (Å²) in [6, 6.07) is 1.89. The molecule has 0 aromatic carbocycles. The lowest BCUT2D eigenvalue weighted by molar-refractivity contribution is 0.0686. The molecule has 0 unspecified atom stereocenters. The molecule has 0 aliphatic heterocycles. The van der Waals surface area contributed by atoms with Crippen LogP contribution in [0, 0.1) is 0 Å². The zero-order valence-corrected chi connectivity index (χ0v) is 14.7. The molecule has 4 rings (SSSR count). The molecule has 3 aromatic rings. The number of carbonyl (C=O) groups excluding carboxylic acids is 1. The zero-order valence-electron chi connectivity index (χ0n) is 14.7. The van der Waals surface area contributed by atoms with Gasteiger partial charge in [0.1, 0.15) is 0 Å². The topological polar surface area (TPSA) is 138 Å². The van der Waals surface area contributed by atoms with Gasteiger partial charge in [0, 0.05) is 26.2 Å². The summed E-state index contributed by atoms with van der Waals surface area (Å²) in [6.07, 6.45) is 4.83. The van der Waals surface area contributed by atoms with E-state index in [-0.39, 0.29) is 17.6 Å². The van der Waals surface area contributed by atoms with Crippen molar-refractivity contribution in [3.05, 3.63) is 29.8 Å². The van der Waals surface area contributed by atoms with Gasteiger partial charge < -0.3 is 21.1 Å². The lowest BCUT2D eigenvalue weighted by atomic mass is 10.3. The van der Waals surface area contributed by atoms with Gasteiger partial charge in [0.25, 0.3) is 5.91 Å². The van der Waals surface area contributed by atoms with Gasteiger partial charge in [-0.2, -0.15) is 5.10 Å². The molecule has 11 heteroatoms. The molecule has 27 heavy (non-hydrogen) atoms. The largest absolute Gasteiger partial charge is 0.476 e. The summed E-state index contributed by atoms with van der Waals surface area (Å²) in [5.74, 6) is -1.01. The minimum atomic E-state index is -1.11. The first-order chi connectivity index (χ1) is 13.0. The summed E-state index contributed by atoms with van der Waals surface area (Å²) in [7, 11) is 3.27. The van der Waals surface area contributed by atoms with E-state index in [4.69, 9.17) is 0 Å². The van der Waals surface area contributed by atoms with Gasteiger partial charge in [0.05, 0.1) is 23.8 Å². The fourth-order valence-electron chi connectivity index (χ4n) is 2.78. The lowest BCUT2D eigenvalue weighted by Crippen LogP contribution is -2.27. The van der Waals surface area contributed by atoms with E-state index in [2.05, 4.69) is 31.1 Å². The molecular formula is C16H18N8O3. The van der Waals surface area contributed by atoms with Crippen LogP contribution in [-0.2, 0) is 7.05 Å². The zero-order chi connectivity index (χ0) is 19.1. The van der Waals surface area contributed by atoms with Gasteiger partial charge in [-0.25, -0.2) is 14.3 Å². The van der Waals surface area contributed by atoms with Gasteiger partial charge in [-0.05, 0) is 12.8 Å². The smallest absolute Gasteiger partial charge is 0.356 e. The van der Waals surface area contributed by atoms with Crippen molar-refractivity contribution in [3.8, 4) is 0 Å². The third kappa shape index (κ3) is 3.03. The van der Waals surface area contributed by atoms with Gasteiger partial charge in [-0.1, -0.05) is 0 Å². The summed E-state index contributed by atoms with van der Waals surface area (Å²) >= 11 is 0. The van der Waals surface area contributed by atoms with Crippen LogP contribution in [0.5, 0.6) is 0 Å². The number of amides is 1. The molecule has 0 spiro atoms. The van der Waals surface area contributed by atoms with Crippen molar-refractivity contribution in [2.24, 2.45) is 7.05 Å². The Morgan fingerprint density at radius 1 is 1.26 bits per heavy atom. The lowest BCUT2D eigenvalue weighted by Gasteiger charge is -2.10. The molecule has 4 N–H and O–H groups in total. The highest BCUT2D eigenvalue weighted by Gasteiger charge is 2.26. The first-order valence-corrected chi connectivity index (χ1v) is 8.37. The Balaban J connectivity index is 1.75. The maximum absolute atomic E-state index is 12.4. The summed E-state index contributed by atoms with van der Waals surface area (Å²) in [5, 5.41) is 26.6. The number of anilines is 3. The quantitative estimate of drug-likeness (QED) is 0.501. The normalized spacial score (nSPS) is 13.6. The monoisotopic (exact) mass is 370 g/mol. The fourth-order valence-corrected chi connectivity index (χ4v) is 2.78. The number of nitrogens with one attached hydrogen (secondary N) is 3. The predicted molar refractivity (Wildman–Crippen MR) is 96.5 cm³/mol. The van der Waals surface area contributed by atoms with E-state index in [1.165, 1.54) is 21.6 Å². The first kappa shape index (κ1) is 16.8. The Labute approximate surface area is 153 Å². The molecule has 1 aliphatic carbocycles. The molecule has 1 amide bonds. The average molecular weight is 370 g/mol. The van der Waals surface area contributed by atoms with Crippen molar-refractivity contribution in [2.45, 2.75) is 18.9 Å². The summed E-state index contributed by atoms with van der Waals surface area (Å²) in [5.41, 5.74) is 1.73. The molecule has 0 atom stereocenters. The first-order valence-electron chi connectivity index (χ1n) is 8.37. The average Bonchev–Trinajstić information content (AvgIpc) is 3.21. The maximum Gasteiger partial charge on any atom is 0.356 e. The Morgan fingerprint density at radius 3 is 2.70 bits per heavy atom. The summed E-state index contributed by atoms with van der Waals surface area (Å²) in [6.45, 7) is 0. The fraction of sp³-hybridized carbons (Fsp3) is 0.312. The molecule has 1 aliphatic rings. The van der Waals surface area contributed by atoms with Gasteiger partial charge >= 0.3 is 5.97 Å². The van der Waals surface area contributed by atoms with Crippen LogP contribution < -0.4 is 16.0 Å². The minimum Gasteiger partial charge on any atom is -0.476 e. The van der Waals surface area contributed by atoms with Crippen molar-refractivity contribution in [3.63, 3.8) is 0 Å². The van der Waals surface area contributed by atoms with Crippen LogP contribution in [0.1, 0.15) is 33.8 Å². The minimum absolute atomic E-state index is 0.000218. The number of imidazole rings is 1. The van der Waals surface area contributed by atoms with Crippen LogP contribution in [0.15, 0.2) is 18.5 Å².